The molecule has 1 aliphatic rings. The van der Waals surface area contributed by atoms with Crippen molar-refractivity contribution in [3.05, 3.63) is 33.7 Å². The molecule has 0 amide bonds. The van der Waals surface area contributed by atoms with E-state index < -0.39 is 0 Å². The monoisotopic (exact) mass is 404 g/mol. The van der Waals surface area contributed by atoms with Crippen molar-refractivity contribution in [1.29, 1.82) is 0 Å². The number of aliphatic hydroxyl groups is 1. The summed E-state index contributed by atoms with van der Waals surface area (Å²) >= 11 is 0. The van der Waals surface area contributed by atoms with Crippen LogP contribution >= 0.6 is 0 Å². The number of aromatic amines is 1. The van der Waals surface area contributed by atoms with Gasteiger partial charge in [0, 0.05) is 13.2 Å². The van der Waals surface area contributed by atoms with Crippen LogP contribution in [-0.4, -0.2) is 21.8 Å². The maximum absolute atomic E-state index is 12.3. The number of nitrogens with zero attached hydrogens (tertiary/aromatic N) is 1. The maximum Gasteiger partial charge on any atom is 0.326 e. The molecule has 1 saturated carbocycles. The number of imidazole rings is 1. The number of nitrogens with one attached hydrogen (secondary N) is 1. The number of hydrogen-bond acceptors (Lipinski definition) is 2. The number of hydrogen-bond donors (Lipinski definition) is 2. The van der Waals surface area contributed by atoms with Crippen molar-refractivity contribution in [2.24, 2.45) is 5.41 Å². The van der Waals surface area contributed by atoms with E-state index in [1.807, 2.05) is 4.57 Å². The summed E-state index contributed by atoms with van der Waals surface area (Å²) in [6.07, 6.45) is 11.6. The van der Waals surface area contributed by atoms with E-state index in [2.05, 4.69) is 58.7 Å². The van der Waals surface area contributed by atoms with Crippen molar-refractivity contribution in [1.82, 2.24) is 9.55 Å². The molecule has 2 N–H and O–H groups in total. The highest BCUT2D eigenvalue weighted by molar-refractivity contribution is 5.77. The number of H-pyrrole nitrogens is 1. The van der Waals surface area contributed by atoms with Crippen LogP contribution in [0.25, 0.3) is 11.0 Å². The molecule has 0 atom stereocenters. The summed E-state index contributed by atoms with van der Waals surface area (Å²) < 4.78 is 1.97. The maximum atomic E-state index is 12.3. The Labute approximate surface area is 177 Å². The lowest BCUT2D eigenvalue weighted by Crippen LogP contribution is -2.22. The first kappa shape index (κ1) is 25.5. The summed E-state index contributed by atoms with van der Waals surface area (Å²) in [6.45, 7) is 13.3. The van der Waals surface area contributed by atoms with Crippen LogP contribution in [0.2, 0.25) is 0 Å². The number of aromatic nitrogens is 2. The third-order valence-corrected chi connectivity index (χ3v) is 6.15. The summed E-state index contributed by atoms with van der Waals surface area (Å²) in [5.41, 5.74) is 5.20. The highest BCUT2D eigenvalue weighted by atomic mass is 16.2. The van der Waals surface area contributed by atoms with Crippen LogP contribution in [-0.2, 0) is 0 Å². The molecule has 4 heteroatoms. The van der Waals surface area contributed by atoms with Crippen LogP contribution < -0.4 is 5.69 Å². The second-order valence-electron chi connectivity index (χ2n) is 9.21. The number of rotatable bonds is 5. The normalized spacial score (nSPS) is 15.5. The Bertz CT molecular complexity index is 772. The first-order chi connectivity index (χ1) is 13.8. The Morgan fingerprint density at radius 2 is 1.52 bits per heavy atom. The SMILES string of the molecule is CC1(C)CCCCC1.CCCC(CCC)n1c(=O)[nH]c2cc(C)c(C)cc21.CO. The molecule has 4 nitrogen and oxygen atoms in total. The zero-order valence-corrected chi connectivity index (χ0v) is 19.9. The molecular weight excluding hydrogens is 360 g/mol. The summed E-state index contributed by atoms with van der Waals surface area (Å²) in [5.74, 6) is 0. The minimum absolute atomic E-state index is 0.0342. The Hall–Kier alpha value is -1.55. The van der Waals surface area contributed by atoms with Crippen molar-refractivity contribution >= 4 is 11.0 Å². The standard InChI is InChI=1S/C16H24N2O.C8H16.CH4O/c1-5-7-13(8-6-2)18-15-10-12(4)11(3)9-14(15)17-16(18)19;1-8(2)6-4-3-5-7-8;1-2/h9-10,13H,5-8H2,1-4H3,(H,17,19);3-7H2,1-2H3;2H,1H3. The van der Waals surface area contributed by atoms with Crippen molar-refractivity contribution in [2.75, 3.05) is 7.11 Å². The molecule has 0 spiro atoms. The highest BCUT2D eigenvalue weighted by Gasteiger charge is 2.20. The number of aryl methyl sites for hydroxylation is 2. The lowest BCUT2D eigenvalue weighted by atomic mass is 9.78. The average molecular weight is 405 g/mol. The molecule has 29 heavy (non-hydrogen) atoms. The van der Waals surface area contributed by atoms with Crippen LogP contribution in [0.5, 0.6) is 0 Å². The molecule has 3 rings (SSSR count). The van der Waals surface area contributed by atoms with Crippen molar-refractivity contribution in [2.45, 2.75) is 105 Å². The Morgan fingerprint density at radius 1 is 1.00 bits per heavy atom. The number of aliphatic hydroxyl groups excluding tert-OH is 1. The van der Waals surface area contributed by atoms with Crippen LogP contribution in [0.3, 0.4) is 0 Å². The molecule has 1 aromatic carbocycles. The van der Waals surface area contributed by atoms with Crippen LogP contribution in [0.1, 0.15) is 103 Å². The highest BCUT2D eigenvalue weighted by Crippen LogP contribution is 2.34. The largest absolute Gasteiger partial charge is 0.400 e. The predicted octanol–water partition coefficient (Wildman–Crippen LogP) is 6.67. The van der Waals surface area contributed by atoms with E-state index in [1.54, 1.807) is 0 Å². The second kappa shape index (κ2) is 12.2. The third-order valence-electron chi connectivity index (χ3n) is 6.15. The Kier molecular flexibility index (Phi) is 10.7. The summed E-state index contributed by atoms with van der Waals surface area (Å²) in [7, 11) is 1.00. The summed E-state index contributed by atoms with van der Waals surface area (Å²) in [5, 5.41) is 7.00. The topological polar surface area (TPSA) is 58.0 Å². The molecule has 2 aromatic rings. The van der Waals surface area contributed by atoms with Crippen molar-refractivity contribution in [3.63, 3.8) is 0 Å². The van der Waals surface area contributed by atoms with E-state index in [9.17, 15) is 4.79 Å². The summed E-state index contributed by atoms with van der Waals surface area (Å²) in [4.78, 5) is 15.3. The molecule has 1 aliphatic carbocycles. The fourth-order valence-corrected chi connectivity index (χ4v) is 4.33. The fourth-order valence-electron chi connectivity index (χ4n) is 4.33. The average Bonchev–Trinajstić information content (AvgIpc) is 2.98. The molecular formula is C25H44N2O2. The van der Waals surface area contributed by atoms with E-state index in [0.29, 0.717) is 11.5 Å². The van der Waals surface area contributed by atoms with Gasteiger partial charge in [0.15, 0.2) is 0 Å². The van der Waals surface area contributed by atoms with Gasteiger partial charge in [-0.2, -0.15) is 0 Å². The van der Waals surface area contributed by atoms with E-state index >= 15 is 0 Å². The molecule has 0 saturated heterocycles. The van der Waals surface area contributed by atoms with Gasteiger partial charge in [0.2, 0.25) is 0 Å². The van der Waals surface area contributed by atoms with Gasteiger partial charge in [0.05, 0.1) is 11.0 Å². The van der Waals surface area contributed by atoms with Gasteiger partial charge in [-0.3, -0.25) is 4.57 Å². The zero-order chi connectivity index (χ0) is 22.0. The van der Waals surface area contributed by atoms with Gasteiger partial charge in [-0.25, -0.2) is 4.79 Å². The first-order valence-electron chi connectivity index (χ1n) is 11.4. The first-order valence-corrected chi connectivity index (χ1v) is 11.4. The van der Waals surface area contributed by atoms with Gasteiger partial charge in [0.25, 0.3) is 0 Å². The third kappa shape index (κ3) is 7.33. The van der Waals surface area contributed by atoms with Crippen LogP contribution in [0.15, 0.2) is 16.9 Å². The number of fused-ring (bicyclic) bond motifs is 1. The van der Waals surface area contributed by atoms with Crippen LogP contribution in [0, 0.1) is 19.3 Å². The smallest absolute Gasteiger partial charge is 0.326 e. The van der Waals surface area contributed by atoms with Gasteiger partial charge >= 0.3 is 5.69 Å². The van der Waals surface area contributed by atoms with Crippen molar-refractivity contribution < 1.29 is 5.11 Å². The molecule has 1 aromatic heterocycles. The van der Waals surface area contributed by atoms with Gasteiger partial charge in [-0.1, -0.05) is 59.8 Å². The molecule has 0 aliphatic heterocycles. The molecule has 1 fully saturated rings. The quantitative estimate of drug-likeness (QED) is 0.584. The van der Waals surface area contributed by atoms with E-state index in [-0.39, 0.29) is 5.69 Å². The molecule has 0 radical (unpaired) electrons. The molecule has 0 unspecified atom stereocenters. The summed E-state index contributed by atoms with van der Waals surface area (Å²) in [6, 6.07) is 4.54. The van der Waals surface area contributed by atoms with Gasteiger partial charge < -0.3 is 10.1 Å². The van der Waals surface area contributed by atoms with E-state index in [4.69, 9.17) is 5.11 Å². The number of benzene rings is 1. The van der Waals surface area contributed by atoms with Crippen molar-refractivity contribution in [3.8, 4) is 0 Å². The minimum Gasteiger partial charge on any atom is -0.400 e. The van der Waals surface area contributed by atoms with Crippen LogP contribution in [0.4, 0.5) is 0 Å². The lowest BCUT2D eigenvalue weighted by Gasteiger charge is -2.28. The predicted molar refractivity (Wildman–Crippen MR) is 126 cm³/mol. The minimum atomic E-state index is 0.0342. The fraction of sp³-hybridized carbons (Fsp3) is 0.720. The van der Waals surface area contributed by atoms with Gasteiger partial charge in [-0.05, 0) is 68.2 Å². The molecule has 0 bridgehead atoms. The lowest BCUT2D eigenvalue weighted by molar-refractivity contribution is 0.244. The van der Waals surface area contributed by atoms with Gasteiger partial charge in [-0.15, -0.1) is 0 Å². The second-order valence-corrected chi connectivity index (χ2v) is 9.21. The Balaban J connectivity index is 0.000000351. The molecule has 166 valence electrons. The van der Waals surface area contributed by atoms with E-state index in [0.717, 1.165) is 43.8 Å². The molecule has 1 heterocycles. The van der Waals surface area contributed by atoms with Gasteiger partial charge in [0.1, 0.15) is 0 Å². The zero-order valence-electron chi connectivity index (χ0n) is 19.9. The Morgan fingerprint density at radius 3 is 1.97 bits per heavy atom. The van der Waals surface area contributed by atoms with E-state index in [1.165, 1.54) is 43.2 Å².